The van der Waals surface area contributed by atoms with Crippen LogP contribution in [0, 0.1) is 6.92 Å². The molecule has 7 heteroatoms. The lowest BCUT2D eigenvalue weighted by molar-refractivity contribution is 0.281. The quantitative estimate of drug-likeness (QED) is 0.573. The van der Waals surface area contributed by atoms with Gasteiger partial charge in [0.15, 0.2) is 11.5 Å². The highest BCUT2D eigenvalue weighted by atomic mass is 16.5. The van der Waals surface area contributed by atoms with Crippen molar-refractivity contribution in [1.82, 2.24) is 20.2 Å². The molecule has 0 aliphatic rings. The molecule has 1 heterocycles. The van der Waals surface area contributed by atoms with E-state index in [1.165, 1.54) is 5.56 Å². The Hall–Kier alpha value is -3.09. The minimum absolute atomic E-state index is 0.475. The second-order valence-electron chi connectivity index (χ2n) is 6.66. The van der Waals surface area contributed by atoms with Crippen molar-refractivity contribution in [3.63, 3.8) is 0 Å². The summed E-state index contributed by atoms with van der Waals surface area (Å²) in [6.45, 7) is 6.02. The number of hydrogen-bond donors (Lipinski definition) is 1. The summed E-state index contributed by atoms with van der Waals surface area (Å²) >= 11 is 0. The maximum Gasteiger partial charge on any atom is 0.243 e. The van der Waals surface area contributed by atoms with Crippen molar-refractivity contribution in [2.24, 2.45) is 0 Å². The number of aryl methyl sites for hydroxylation is 2. The SMILES string of the molecule is CCCCn1nnnc1NCc1cccc(OC)c1OCc1cccc(C)c1. The topological polar surface area (TPSA) is 74.1 Å². The number of rotatable bonds is 10. The first-order chi connectivity index (χ1) is 13.7. The summed E-state index contributed by atoms with van der Waals surface area (Å²) in [6.07, 6.45) is 2.12. The normalized spacial score (nSPS) is 10.7. The largest absolute Gasteiger partial charge is 0.493 e. The van der Waals surface area contributed by atoms with E-state index in [1.54, 1.807) is 11.8 Å². The van der Waals surface area contributed by atoms with Crippen molar-refractivity contribution in [3.8, 4) is 11.5 Å². The van der Waals surface area contributed by atoms with Crippen LogP contribution in [0.3, 0.4) is 0 Å². The van der Waals surface area contributed by atoms with Crippen molar-refractivity contribution in [1.29, 1.82) is 0 Å². The summed E-state index contributed by atoms with van der Waals surface area (Å²) in [5.41, 5.74) is 3.31. The number of benzene rings is 2. The van der Waals surface area contributed by atoms with E-state index >= 15 is 0 Å². The average Bonchev–Trinajstić information content (AvgIpc) is 3.16. The Kier molecular flexibility index (Phi) is 6.84. The van der Waals surface area contributed by atoms with E-state index in [9.17, 15) is 0 Å². The predicted molar refractivity (Wildman–Crippen MR) is 109 cm³/mol. The summed E-state index contributed by atoms with van der Waals surface area (Å²) < 4.78 is 13.4. The first-order valence-electron chi connectivity index (χ1n) is 9.55. The number of methoxy groups -OCH3 is 1. The number of anilines is 1. The third-order valence-electron chi connectivity index (χ3n) is 4.44. The zero-order valence-corrected chi connectivity index (χ0v) is 16.7. The van der Waals surface area contributed by atoms with Gasteiger partial charge in [0.05, 0.1) is 7.11 Å². The van der Waals surface area contributed by atoms with Gasteiger partial charge in [-0.25, -0.2) is 4.68 Å². The highest BCUT2D eigenvalue weighted by molar-refractivity contribution is 5.48. The van der Waals surface area contributed by atoms with Crippen molar-refractivity contribution in [2.45, 2.75) is 46.4 Å². The number of nitrogens with zero attached hydrogens (tertiary/aromatic N) is 4. The zero-order valence-electron chi connectivity index (χ0n) is 16.7. The molecule has 3 aromatic rings. The van der Waals surface area contributed by atoms with Gasteiger partial charge >= 0.3 is 0 Å². The fraction of sp³-hybridized carbons (Fsp3) is 0.381. The Balaban J connectivity index is 1.73. The van der Waals surface area contributed by atoms with E-state index in [1.807, 2.05) is 24.3 Å². The lowest BCUT2D eigenvalue weighted by atomic mass is 10.1. The van der Waals surface area contributed by atoms with Crippen LogP contribution in [0.2, 0.25) is 0 Å². The molecule has 0 unspecified atom stereocenters. The van der Waals surface area contributed by atoms with Crippen molar-refractivity contribution in [2.75, 3.05) is 12.4 Å². The molecule has 7 nitrogen and oxygen atoms in total. The molecule has 1 N–H and O–H groups in total. The zero-order chi connectivity index (χ0) is 19.8. The number of para-hydroxylation sites is 1. The first kappa shape index (κ1) is 19.7. The molecule has 0 amide bonds. The van der Waals surface area contributed by atoms with Crippen LogP contribution in [0.5, 0.6) is 11.5 Å². The van der Waals surface area contributed by atoms with Crippen LogP contribution in [0.15, 0.2) is 42.5 Å². The molecule has 0 radical (unpaired) electrons. The van der Waals surface area contributed by atoms with Crippen molar-refractivity contribution >= 4 is 5.95 Å². The molecule has 0 saturated carbocycles. The standard InChI is InChI=1S/C21H27N5O2/c1-4-5-12-26-21(23-24-25-26)22-14-18-10-7-11-19(27-3)20(18)28-15-17-9-6-8-16(2)13-17/h6-11,13H,4-5,12,14-15H2,1-3H3,(H,22,23,25). The molecule has 148 valence electrons. The lowest BCUT2D eigenvalue weighted by Crippen LogP contribution is -2.10. The summed E-state index contributed by atoms with van der Waals surface area (Å²) in [5, 5.41) is 15.2. The van der Waals surface area contributed by atoms with Gasteiger partial charge in [-0.15, -0.1) is 0 Å². The summed E-state index contributed by atoms with van der Waals surface area (Å²) in [4.78, 5) is 0. The van der Waals surface area contributed by atoms with Gasteiger partial charge in [0, 0.05) is 18.7 Å². The molecule has 28 heavy (non-hydrogen) atoms. The van der Waals surface area contributed by atoms with Crippen LogP contribution < -0.4 is 14.8 Å². The van der Waals surface area contributed by atoms with Crippen LogP contribution in [-0.4, -0.2) is 27.3 Å². The molecule has 0 saturated heterocycles. The number of nitrogens with one attached hydrogen (secondary N) is 1. The third-order valence-corrected chi connectivity index (χ3v) is 4.44. The molecular formula is C21H27N5O2. The Labute approximate surface area is 165 Å². The van der Waals surface area contributed by atoms with Gasteiger partial charge in [-0.3, -0.25) is 0 Å². The van der Waals surface area contributed by atoms with Crippen LogP contribution in [-0.2, 0) is 19.7 Å². The Bertz CT molecular complexity index is 894. The number of aromatic nitrogens is 4. The van der Waals surface area contributed by atoms with Gasteiger partial charge < -0.3 is 14.8 Å². The molecule has 0 bridgehead atoms. The highest BCUT2D eigenvalue weighted by Gasteiger charge is 2.13. The minimum Gasteiger partial charge on any atom is -0.493 e. The van der Waals surface area contributed by atoms with Gasteiger partial charge in [-0.05, 0) is 35.4 Å². The first-order valence-corrected chi connectivity index (χ1v) is 9.55. The number of hydrogen-bond acceptors (Lipinski definition) is 6. The van der Waals surface area contributed by atoms with Gasteiger partial charge in [-0.2, -0.15) is 0 Å². The van der Waals surface area contributed by atoms with Gasteiger partial charge in [0.1, 0.15) is 6.61 Å². The van der Waals surface area contributed by atoms with Crippen LogP contribution >= 0.6 is 0 Å². The van der Waals surface area contributed by atoms with E-state index in [0.717, 1.165) is 36.3 Å². The van der Waals surface area contributed by atoms with Crippen LogP contribution in [0.4, 0.5) is 5.95 Å². The maximum atomic E-state index is 6.14. The second-order valence-corrected chi connectivity index (χ2v) is 6.66. The Morgan fingerprint density at radius 3 is 2.79 bits per heavy atom. The molecule has 3 rings (SSSR count). The molecular weight excluding hydrogens is 354 g/mol. The lowest BCUT2D eigenvalue weighted by Gasteiger charge is -2.16. The van der Waals surface area contributed by atoms with E-state index in [4.69, 9.17) is 9.47 Å². The van der Waals surface area contributed by atoms with Crippen molar-refractivity contribution in [3.05, 3.63) is 59.2 Å². The van der Waals surface area contributed by atoms with E-state index < -0.39 is 0 Å². The number of ether oxygens (including phenoxy) is 2. The maximum absolute atomic E-state index is 6.14. The van der Waals surface area contributed by atoms with Crippen LogP contribution in [0.1, 0.15) is 36.5 Å². The molecule has 0 atom stereocenters. The second kappa shape index (κ2) is 9.73. The molecule has 0 aliphatic heterocycles. The van der Waals surface area contributed by atoms with Gasteiger partial charge in [0.25, 0.3) is 0 Å². The molecule has 1 aromatic heterocycles. The smallest absolute Gasteiger partial charge is 0.243 e. The van der Waals surface area contributed by atoms with Crippen LogP contribution in [0.25, 0.3) is 0 Å². The van der Waals surface area contributed by atoms with Gasteiger partial charge in [0.2, 0.25) is 5.95 Å². The Morgan fingerprint density at radius 2 is 2.00 bits per heavy atom. The van der Waals surface area contributed by atoms with E-state index in [-0.39, 0.29) is 0 Å². The Morgan fingerprint density at radius 1 is 1.14 bits per heavy atom. The average molecular weight is 381 g/mol. The molecule has 0 spiro atoms. The summed E-state index contributed by atoms with van der Waals surface area (Å²) in [5.74, 6) is 2.09. The monoisotopic (exact) mass is 381 g/mol. The predicted octanol–water partition coefficient (Wildman–Crippen LogP) is 3.98. The number of tetrazole rings is 1. The van der Waals surface area contributed by atoms with Crippen molar-refractivity contribution < 1.29 is 9.47 Å². The molecule has 0 fully saturated rings. The van der Waals surface area contributed by atoms with E-state index in [0.29, 0.717) is 24.8 Å². The minimum atomic E-state index is 0.475. The fourth-order valence-electron chi connectivity index (χ4n) is 2.95. The molecule has 2 aromatic carbocycles. The summed E-state index contributed by atoms with van der Waals surface area (Å²) in [6, 6.07) is 14.2. The summed E-state index contributed by atoms with van der Waals surface area (Å²) in [7, 11) is 1.65. The van der Waals surface area contributed by atoms with E-state index in [2.05, 4.69) is 52.9 Å². The van der Waals surface area contributed by atoms with Gasteiger partial charge in [-0.1, -0.05) is 60.4 Å². The number of unbranched alkanes of at least 4 members (excludes halogenated alkanes) is 1. The highest BCUT2D eigenvalue weighted by Crippen LogP contribution is 2.32. The fourth-order valence-corrected chi connectivity index (χ4v) is 2.95. The third kappa shape index (κ3) is 5.00. The molecule has 0 aliphatic carbocycles.